The number of amides is 1. The van der Waals surface area contributed by atoms with Crippen LogP contribution < -0.4 is 5.32 Å². The first-order valence-electron chi connectivity index (χ1n) is 9.59. The molecule has 1 N–H and O–H groups in total. The van der Waals surface area contributed by atoms with Gasteiger partial charge in [0.2, 0.25) is 5.91 Å². The van der Waals surface area contributed by atoms with Gasteiger partial charge in [0.15, 0.2) is 0 Å². The molecule has 0 saturated heterocycles. The van der Waals surface area contributed by atoms with E-state index in [1.807, 2.05) is 0 Å². The summed E-state index contributed by atoms with van der Waals surface area (Å²) in [5.74, 6) is -0.230. The molecular weight excluding hydrogens is 400 g/mol. The minimum Gasteiger partial charge on any atom is -0.348 e. The van der Waals surface area contributed by atoms with E-state index in [0.717, 1.165) is 10.2 Å². The molecule has 3 aromatic rings. The van der Waals surface area contributed by atoms with Gasteiger partial charge in [0.25, 0.3) is 0 Å². The minimum atomic E-state index is -4.37. The van der Waals surface area contributed by atoms with Gasteiger partial charge in [0.1, 0.15) is 12.2 Å². The molecule has 9 heteroatoms. The van der Waals surface area contributed by atoms with E-state index < -0.39 is 24.4 Å². The first kappa shape index (κ1) is 20.3. The van der Waals surface area contributed by atoms with Crippen molar-refractivity contribution >= 4 is 16.8 Å². The summed E-state index contributed by atoms with van der Waals surface area (Å²) < 4.78 is 52.7. The summed E-state index contributed by atoms with van der Waals surface area (Å²) in [6.45, 7) is 0.557. The lowest BCUT2D eigenvalue weighted by Gasteiger charge is -2.14. The number of carbonyl (C=O) groups is 1. The van der Waals surface area contributed by atoms with E-state index in [4.69, 9.17) is 0 Å². The van der Waals surface area contributed by atoms with Crippen LogP contribution in [-0.2, 0) is 23.4 Å². The molecule has 1 atom stereocenters. The number of fused-ring (bicyclic) bond motifs is 1. The van der Waals surface area contributed by atoms with E-state index in [9.17, 15) is 22.4 Å². The zero-order valence-electron chi connectivity index (χ0n) is 16.2. The summed E-state index contributed by atoms with van der Waals surface area (Å²) in [4.78, 5) is 16.6. The Morgan fingerprint density at radius 3 is 2.57 bits per heavy atom. The summed E-state index contributed by atoms with van der Waals surface area (Å²) >= 11 is 0. The first-order chi connectivity index (χ1) is 14.1. The smallest absolute Gasteiger partial charge is 0.348 e. The van der Waals surface area contributed by atoms with Gasteiger partial charge in [-0.2, -0.15) is 18.3 Å². The quantitative estimate of drug-likeness (QED) is 0.603. The lowest BCUT2D eigenvalue weighted by Crippen LogP contribution is -2.28. The SMILES string of the molecule is CC(NC(=O)Cc1ccc(C2(F)CC2)cc1)c1cc2cnn(CC(F)(F)F)c2cn1. The van der Waals surface area contributed by atoms with Crippen LogP contribution in [0.5, 0.6) is 0 Å². The average Bonchev–Trinajstić information content (AvgIpc) is 3.31. The number of hydrogen-bond acceptors (Lipinski definition) is 3. The van der Waals surface area contributed by atoms with Gasteiger partial charge >= 0.3 is 6.18 Å². The molecule has 5 nitrogen and oxygen atoms in total. The van der Waals surface area contributed by atoms with Gasteiger partial charge in [0.05, 0.1) is 36.1 Å². The fraction of sp³-hybridized carbons (Fsp3) is 0.381. The molecule has 0 spiro atoms. The molecule has 158 valence electrons. The van der Waals surface area contributed by atoms with Crippen molar-refractivity contribution in [2.45, 2.75) is 50.6 Å². The van der Waals surface area contributed by atoms with Crippen LogP contribution in [-0.4, -0.2) is 26.8 Å². The van der Waals surface area contributed by atoms with Crippen LogP contribution in [0.15, 0.2) is 42.7 Å². The minimum absolute atomic E-state index is 0.135. The van der Waals surface area contributed by atoms with Gasteiger partial charge < -0.3 is 5.32 Å². The molecule has 2 heterocycles. The molecule has 30 heavy (non-hydrogen) atoms. The number of alkyl halides is 4. The lowest BCUT2D eigenvalue weighted by molar-refractivity contribution is -0.141. The maximum Gasteiger partial charge on any atom is 0.408 e. The zero-order valence-corrected chi connectivity index (χ0v) is 16.2. The molecule has 1 saturated carbocycles. The molecule has 1 aliphatic rings. The van der Waals surface area contributed by atoms with Gasteiger partial charge in [0, 0.05) is 5.39 Å². The monoisotopic (exact) mass is 420 g/mol. The Morgan fingerprint density at radius 1 is 1.23 bits per heavy atom. The third kappa shape index (κ3) is 4.44. The van der Waals surface area contributed by atoms with Crippen LogP contribution >= 0.6 is 0 Å². The van der Waals surface area contributed by atoms with E-state index >= 15 is 0 Å². The number of pyridine rings is 1. The summed E-state index contributed by atoms with van der Waals surface area (Å²) in [6.07, 6.45) is -0.487. The highest BCUT2D eigenvalue weighted by molar-refractivity contribution is 5.80. The van der Waals surface area contributed by atoms with Crippen molar-refractivity contribution in [2.75, 3.05) is 0 Å². The van der Waals surface area contributed by atoms with Crippen LogP contribution in [0.4, 0.5) is 17.6 Å². The second kappa shape index (κ2) is 7.37. The number of aromatic nitrogens is 3. The Labute approximate surface area is 170 Å². The average molecular weight is 420 g/mol. The molecule has 1 aromatic carbocycles. The van der Waals surface area contributed by atoms with Crippen LogP contribution in [0.2, 0.25) is 0 Å². The predicted octanol–water partition coefficient (Wildman–Crippen LogP) is 4.37. The highest BCUT2D eigenvalue weighted by Crippen LogP contribution is 2.49. The summed E-state index contributed by atoms with van der Waals surface area (Å²) in [5, 5.41) is 7.11. The number of halogens is 4. The number of nitrogens with zero attached hydrogens (tertiary/aromatic N) is 3. The van der Waals surface area contributed by atoms with Crippen molar-refractivity contribution in [2.24, 2.45) is 0 Å². The molecule has 0 radical (unpaired) electrons. The molecule has 0 bridgehead atoms. The van der Waals surface area contributed by atoms with Crippen molar-refractivity contribution in [1.82, 2.24) is 20.1 Å². The standard InChI is InChI=1S/C21H20F4N4O/c1-13(17-9-15-10-27-29(12-21(23,24)25)18(15)11-26-17)28-19(30)8-14-2-4-16(5-3-14)20(22)6-7-20/h2-5,9-11,13H,6-8,12H2,1H3,(H,28,30). The Kier molecular flexibility index (Phi) is 4.99. The fourth-order valence-corrected chi connectivity index (χ4v) is 3.40. The van der Waals surface area contributed by atoms with Gasteiger partial charge in [-0.25, -0.2) is 4.39 Å². The van der Waals surface area contributed by atoms with Crippen LogP contribution in [0.3, 0.4) is 0 Å². The largest absolute Gasteiger partial charge is 0.408 e. The van der Waals surface area contributed by atoms with Crippen molar-refractivity contribution in [3.63, 3.8) is 0 Å². The number of nitrogens with one attached hydrogen (secondary N) is 1. The number of benzene rings is 1. The first-order valence-corrected chi connectivity index (χ1v) is 9.59. The van der Waals surface area contributed by atoms with E-state index in [-0.39, 0.29) is 17.8 Å². The molecule has 1 fully saturated rings. The highest BCUT2D eigenvalue weighted by Gasteiger charge is 2.44. The summed E-state index contributed by atoms with van der Waals surface area (Å²) in [7, 11) is 0. The van der Waals surface area contributed by atoms with E-state index in [1.54, 1.807) is 37.3 Å². The molecule has 4 rings (SSSR count). The topological polar surface area (TPSA) is 59.8 Å². The van der Waals surface area contributed by atoms with Crippen LogP contribution in [0.25, 0.3) is 10.9 Å². The van der Waals surface area contributed by atoms with Gasteiger partial charge in [-0.05, 0) is 37.0 Å². The van der Waals surface area contributed by atoms with Crippen LogP contribution in [0.1, 0.15) is 42.6 Å². The second-order valence-corrected chi connectivity index (χ2v) is 7.71. The summed E-state index contributed by atoms with van der Waals surface area (Å²) in [6, 6.07) is 8.11. The van der Waals surface area contributed by atoms with Gasteiger partial charge in [-0.15, -0.1) is 0 Å². The Bertz CT molecular complexity index is 1070. The molecule has 2 aromatic heterocycles. The Balaban J connectivity index is 1.39. The molecular formula is C21H20F4N4O. The van der Waals surface area contributed by atoms with E-state index in [0.29, 0.717) is 29.5 Å². The molecule has 1 unspecified atom stereocenters. The molecule has 1 aliphatic carbocycles. The number of hydrogen-bond donors (Lipinski definition) is 1. The number of carbonyl (C=O) groups excluding carboxylic acids is 1. The lowest BCUT2D eigenvalue weighted by atomic mass is 10.0. The van der Waals surface area contributed by atoms with Crippen molar-refractivity contribution in [1.29, 1.82) is 0 Å². The van der Waals surface area contributed by atoms with Gasteiger partial charge in [-0.1, -0.05) is 24.3 Å². The van der Waals surface area contributed by atoms with Crippen LogP contribution in [0, 0.1) is 0 Å². The fourth-order valence-electron chi connectivity index (χ4n) is 3.40. The Morgan fingerprint density at radius 2 is 1.93 bits per heavy atom. The van der Waals surface area contributed by atoms with Crippen molar-refractivity contribution < 1.29 is 22.4 Å². The highest BCUT2D eigenvalue weighted by atomic mass is 19.4. The maximum absolute atomic E-state index is 14.0. The summed E-state index contributed by atoms with van der Waals surface area (Å²) in [5.41, 5.74) is 1.00. The third-order valence-corrected chi connectivity index (χ3v) is 5.22. The predicted molar refractivity (Wildman–Crippen MR) is 102 cm³/mol. The third-order valence-electron chi connectivity index (χ3n) is 5.22. The number of rotatable bonds is 6. The van der Waals surface area contributed by atoms with Crippen molar-refractivity contribution in [3.05, 3.63) is 59.5 Å². The normalized spacial score (nSPS) is 16.4. The van der Waals surface area contributed by atoms with Crippen molar-refractivity contribution in [3.8, 4) is 0 Å². The maximum atomic E-state index is 14.0. The molecule has 0 aliphatic heterocycles. The zero-order chi connectivity index (χ0) is 21.5. The van der Waals surface area contributed by atoms with Gasteiger partial charge in [-0.3, -0.25) is 14.5 Å². The molecule has 1 amide bonds. The Hall–Kier alpha value is -2.97. The van der Waals surface area contributed by atoms with E-state index in [2.05, 4.69) is 15.4 Å². The second-order valence-electron chi connectivity index (χ2n) is 7.71. The van der Waals surface area contributed by atoms with E-state index in [1.165, 1.54) is 12.4 Å².